The van der Waals surface area contributed by atoms with Crippen molar-refractivity contribution in [3.63, 3.8) is 0 Å². The van der Waals surface area contributed by atoms with Gasteiger partial charge in [-0.2, -0.15) is 0 Å². The minimum absolute atomic E-state index is 0.220. The molecule has 0 aromatic carbocycles. The summed E-state index contributed by atoms with van der Waals surface area (Å²) in [6, 6.07) is 0. The molecule has 1 atom stereocenters. The average Bonchev–Trinajstić information content (AvgIpc) is 2.60. The highest BCUT2D eigenvalue weighted by molar-refractivity contribution is 5.02. The molecular weight excluding hydrogens is 114 g/mol. The van der Waals surface area contributed by atoms with E-state index in [1.165, 1.54) is 12.8 Å². The molecule has 2 rings (SSSR count). The van der Waals surface area contributed by atoms with E-state index in [0.717, 1.165) is 19.5 Å². The lowest BCUT2D eigenvalue weighted by Crippen LogP contribution is -2.40. The van der Waals surface area contributed by atoms with Crippen LogP contribution in [-0.4, -0.2) is 19.2 Å². The number of rotatable bonds is 0. The maximum Gasteiger partial charge on any atom is 0.101 e. The third-order valence-electron chi connectivity index (χ3n) is 2.64. The van der Waals surface area contributed by atoms with Crippen LogP contribution in [0.2, 0.25) is 0 Å². The smallest absolute Gasteiger partial charge is 0.101 e. The van der Waals surface area contributed by atoms with Crippen LogP contribution in [0.3, 0.4) is 0 Å². The Morgan fingerprint density at radius 2 is 2.22 bits per heavy atom. The van der Waals surface area contributed by atoms with Crippen LogP contribution >= 0.6 is 0 Å². The van der Waals surface area contributed by atoms with Gasteiger partial charge in [0.2, 0.25) is 0 Å². The van der Waals surface area contributed by atoms with Gasteiger partial charge >= 0.3 is 0 Å². The molecule has 2 nitrogen and oxygen atoms in total. The van der Waals surface area contributed by atoms with Crippen LogP contribution in [0, 0.1) is 5.41 Å². The zero-order valence-corrected chi connectivity index (χ0v) is 5.52. The van der Waals surface area contributed by atoms with Gasteiger partial charge in [0, 0.05) is 12.0 Å². The van der Waals surface area contributed by atoms with Gasteiger partial charge in [0.15, 0.2) is 0 Å². The second-order valence-electron chi connectivity index (χ2n) is 3.32. The summed E-state index contributed by atoms with van der Waals surface area (Å²) in [5.74, 6) is 0. The molecule has 1 spiro atoms. The van der Waals surface area contributed by atoms with E-state index in [0.29, 0.717) is 0 Å². The van der Waals surface area contributed by atoms with Gasteiger partial charge in [-0.3, -0.25) is 0 Å². The molecule has 2 aliphatic rings. The van der Waals surface area contributed by atoms with Gasteiger partial charge in [-0.1, -0.05) is 0 Å². The molecule has 1 unspecified atom stereocenters. The predicted molar refractivity (Wildman–Crippen MR) is 33.6 cm³/mol. The lowest BCUT2D eigenvalue weighted by Gasteiger charge is -2.26. The number of nitrogens with one attached hydrogen (secondary N) is 1. The summed E-state index contributed by atoms with van der Waals surface area (Å²) >= 11 is 0. The Balaban J connectivity index is 2.03. The van der Waals surface area contributed by atoms with Crippen molar-refractivity contribution in [1.29, 1.82) is 0 Å². The first-order valence-corrected chi connectivity index (χ1v) is 3.70. The second kappa shape index (κ2) is 1.70. The Kier molecular flexibility index (Phi) is 1.08. The van der Waals surface area contributed by atoms with Crippen molar-refractivity contribution in [3.8, 4) is 0 Å². The summed E-state index contributed by atoms with van der Waals surface area (Å²) < 4.78 is 0. The molecule has 0 bridgehead atoms. The average molecular weight is 126 g/mol. The van der Waals surface area contributed by atoms with E-state index in [1.54, 1.807) is 0 Å². The summed E-state index contributed by atoms with van der Waals surface area (Å²) in [6.45, 7) is 1.93. The summed E-state index contributed by atoms with van der Waals surface area (Å²) in [4.78, 5) is 0. The van der Waals surface area contributed by atoms with Gasteiger partial charge in [0.1, 0.15) is 6.10 Å². The second-order valence-corrected chi connectivity index (χ2v) is 3.32. The van der Waals surface area contributed by atoms with Crippen molar-refractivity contribution in [3.05, 3.63) is 0 Å². The minimum Gasteiger partial charge on any atom is -0.316 e. The molecule has 1 N–H and O–H groups in total. The van der Waals surface area contributed by atoms with Gasteiger partial charge in [0.05, 0.1) is 0 Å². The molecular formula is C7H12NO. The van der Waals surface area contributed by atoms with E-state index in [-0.39, 0.29) is 11.5 Å². The zero-order valence-electron chi connectivity index (χ0n) is 5.52. The lowest BCUT2D eigenvalue weighted by atomic mass is 9.93. The Labute approximate surface area is 55.3 Å². The zero-order chi connectivity index (χ0) is 6.32. The fourth-order valence-corrected chi connectivity index (χ4v) is 1.65. The van der Waals surface area contributed by atoms with Crippen LogP contribution in [-0.2, 0) is 5.11 Å². The molecule has 51 valence electrons. The van der Waals surface area contributed by atoms with Gasteiger partial charge in [-0.25, -0.2) is 5.11 Å². The fraction of sp³-hybridized carbons (Fsp3) is 1.00. The summed E-state index contributed by atoms with van der Waals surface area (Å²) in [5.41, 5.74) is 0.220. The van der Waals surface area contributed by atoms with Crippen LogP contribution < -0.4 is 5.32 Å². The highest BCUT2D eigenvalue weighted by Crippen LogP contribution is 2.50. The van der Waals surface area contributed by atoms with Gasteiger partial charge in [0.25, 0.3) is 0 Å². The van der Waals surface area contributed by atoms with Gasteiger partial charge in [-0.05, 0) is 25.8 Å². The molecule has 2 fully saturated rings. The molecule has 9 heavy (non-hydrogen) atoms. The Bertz CT molecular complexity index is 120. The molecule has 1 aliphatic heterocycles. The lowest BCUT2D eigenvalue weighted by molar-refractivity contribution is 0.00288. The Morgan fingerprint density at radius 3 is 2.67 bits per heavy atom. The quantitative estimate of drug-likeness (QED) is 0.505. The summed E-state index contributed by atoms with van der Waals surface area (Å²) in [5, 5.41) is 14.5. The van der Waals surface area contributed by atoms with Crippen molar-refractivity contribution in [1.82, 2.24) is 5.32 Å². The minimum atomic E-state index is -0.251. The predicted octanol–water partition coefficient (Wildman–Crippen LogP) is 0.559. The molecule has 1 saturated heterocycles. The van der Waals surface area contributed by atoms with Crippen LogP contribution in [0.25, 0.3) is 0 Å². The third-order valence-corrected chi connectivity index (χ3v) is 2.64. The van der Waals surface area contributed by atoms with Crippen LogP contribution in [0.15, 0.2) is 0 Å². The van der Waals surface area contributed by atoms with E-state index in [4.69, 9.17) is 0 Å². The van der Waals surface area contributed by atoms with Crippen molar-refractivity contribution >= 4 is 0 Å². The first kappa shape index (κ1) is 5.69. The fourth-order valence-electron chi connectivity index (χ4n) is 1.65. The molecule has 0 aromatic rings. The number of hydrogen-bond acceptors (Lipinski definition) is 1. The summed E-state index contributed by atoms with van der Waals surface area (Å²) in [6.07, 6.45) is 2.95. The topological polar surface area (TPSA) is 31.9 Å². The largest absolute Gasteiger partial charge is 0.316 e. The standard InChI is InChI=1S/C7H12NO/c9-6-1-4-8-5-7(6)2-3-7/h6,8H,1-5H2. The first-order valence-electron chi connectivity index (χ1n) is 3.70. The molecule has 1 saturated carbocycles. The highest BCUT2D eigenvalue weighted by atomic mass is 16.3. The Hall–Kier alpha value is -0.0800. The van der Waals surface area contributed by atoms with E-state index >= 15 is 0 Å². The Morgan fingerprint density at radius 1 is 1.44 bits per heavy atom. The SMILES string of the molecule is [O]C1CCNCC12CC2. The molecule has 2 heteroatoms. The number of piperidine rings is 1. The molecule has 1 aliphatic carbocycles. The van der Waals surface area contributed by atoms with Crippen molar-refractivity contribution in [2.75, 3.05) is 13.1 Å². The molecule has 0 amide bonds. The van der Waals surface area contributed by atoms with E-state index in [2.05, 4.69) is 5.32 Å². The highest BCUT2D eigenvalue weighted by Gasteiger charge is 2.50. The third kappa shape index (κ3) is 0.775. The van der Waals surface area contributed by atoms with Crippen LogP contribution in [0.5, 0.6) is 0 Å². The van der Waals surface area contributed by atoms with E-state index < -0.39 is 0 Å². The molecule has 1 heterocycles. The van der Waals surface area contributed by atoms with Crippen LogP contribution in [0.4, 0.5) is 0 Å². The van der Waals surface area contributed by atoms with Gasteiger partial charge < -0.3 is 5.32 Å². The monoisotopic (exact) mass is 126 g/mol. The maximum atomic E-state index is 11.2. The first-order chi connectivity index (χ1) is 4.33. The molecule has 0 aromatic heterocycles. The molecule has 1 radical (unpaired) electrons. The number of hydrogen-bond donors (Lipinski definition) is 1. The summed E-state index contributed by atoms with van der Waals surface area (Å²) in [7, 11) is 0. The normalized spacial score (nSPS) is 39.0. The van der Waals surface area contributed by atoms with Crippen molar-refractivity contribution in [2.24, 2.45) is 5.41 Å². The maximum absolute atomic E-state index is 11.2. The van der Waals surface area contributed by atoms with Crippen molar-refractivity contribution in [2.45, 2.75) is 25.4 Å². The van der Waals surface area contributed by atoms with Crippen LogP contribution in [0.1, 0.15) is 19.3 Å². The van der Waals surface area contributed by atoms with Crippen molar-refractivity contribution < 1.29 is 5.11 Å². The van der Waals surface area contributed by atoms with E-state index in [1.807, 2.05) is 0 Å². The van der Waals surface area contributed by atoms with Gasteiger partial charge in [-0.15, -0.1) is 0 Å². The van der Waals surface area contributed by atoms with E-state index in [9.17, 15) is 5.11 Å².